The maximum atomic E-state index is 4.62. The van der Waals surface area contributed by atoms with E-state index in [1.807, 2.05) is 18.5 Å². The predicted octanol–water partition coefficient (Wildman–Crippen LogP) is 3.32. The van der Waals surface area contributed by atoms with Crippen molar-refractivity contribution in [2.45, 2.75) is 33.1 Å². The third kappa shape index (κ3) is 1.84. The molecule has 15 heavy (non-hydrogen) atoms. The van der Waals surface area contributed by atoms with Gasteiger partial charge >= 0.3 is 0 Å². The highest BCUT2D eigenvalue weighted by molar-refractivity contribution is 5.81. The van der Waals surface area contributed by atoms with Crippen molar-refractivity contribution in [1.82, 2.24) is 9.97 Å². The van der Waals surface area contributed by atoms with Crippen LogP contribution in [0.4, 0.5) is 0 Å². The summed E-state index contributed by atoms with van der Waals surface area (Å²) in [7, 11) is 0. The molecule has 0 saturated carbocycles. The topological polar surface area (TPSA) is 25.8 Å². The summed E-state index contributed by atoms with van der Waals surface area (Å²) in [5, 5.41) is 1.23. The molecule has 2 rings (SSSR count). The van der Waals surface area contributed by atoms with Crippen LogP contribution in [-0.4, -0.2) is 9.97 Å². The van der Waals surface area contributed by atoms with E-state index < -0.39 is 0 Å². The molecule has 2 heterocycles. The zero-order chi connectivity index (χ0) is 10.8. The lowest BCUT2D eigenvalue weighted by atomic mass is 10.0. The minimum Gasteiger partial charge on any atom is -0.262 e. The van der Waals surface area contributed by atoms with Crippen molar-refractivity contribution in [2.75, 3.05) is 0 Å². The number of aryl methyl sites for hydroxylation is 1. The number of pyridine rings is 2. The van der Waals surface area contributed by atoms with Gasteiger partial charge in [-0.05, 0) is 30.0 Å². The maximum absolute atomic E-state index is 4.62. The number of aromatic nitrogens is 2. The summed E-state index contributed by atoms with van der Waals surface area (Å²) >= 11 is 0. The third-order valence-electron chi connectivity index (χ3n) is 2.69. The smallest absolute Gasteiger partial charge is 0.0891 e. The van der Waals surface area contributed by atoms with Crippen LogP contribution in [0.15, 0.2) is 24.5 Å². The van der Waals surface area contributed by atoms with E-state index in [4.69, 9.17) is 0 Å². The minimum atomic E-state index is 0.472. The molecule has 0 radical (unpaired) electrons. The molecule has 0 aliphatic rings. The summed E-state index contributed by atoms with van der Waals surface area (Å²) < 4.78 is 0. The SMILES string of the molecule is CCc1cc(C(C)C)nc2cnccc12. The van der Waals surface area contributed by atoms with Crippen LogP contribution < -0.4 is 0 Å². The van der Waals surface area contributed by atoms with E-state index in [0.29, 0.717) is 5.92 Å². The Morgan fingerprint density at radius 2 is 2.13 bits per heavy atom. The van der Waals surface area contributed by atoms with Crippen molar-refractivity contribution in [3.8, 4) is 0 Å². The van der Waals surface area contributed by atoms with Crippen LogP contribution in [0.3, 0.4) is 0 Å². The molecular weight excluding hydrogens is 184 g/mol. The number of fused-ring (bicyclic) bond motifs is 1. The predicted molar refractivity (Wildman–Crippen MR) is 63.0 cm³/mol. The first-order chi connectivity index (χ1) is 7.22. The zero-order valence-electron chi connectivity index (χ0n) is 9.49. The fourth-order valence-corrected chi connectivity index (χ4v) is 1.76. The summed E-state index contributed by atoms with van der Waals surface area (Å²) in [6.07, 6.45) is 4.72. The van der Waals surface area contributed by atoms with Crippen LogP contribution in [-0.2, 0) is 6.42 Å². The lowest BCUT2D eigenvalue weighted by molar-refractivity contribution is 0.825. The molecule has 0 N–H and O–H groups in total. The van der Waals surface area contributed by atoms with Gasteiger partial charge in [0.15, 0.2) is 0 Å². The maximum Gasteiger partial charge on any atom is 0.0891 e. The van der Waals surface area contributed by atoms with Gasteiger partial charge in [0.25, 0.3) is 0 Å². The summed E-state index contributed by atoms with van der Waals surface area (Å²) in [5.41, 5.74) is 3.54. The van der Waals surface area contributed by atoms with Crippen LogP contribution in [0, 0.1) is 0 Å². The lowest BCUT2D eigenvalue weighted by Crippen LogP contribution is -1.97. The van der Waals surface area contributed by atoms with Gasteiger partial charge in [-0.2, -0.15) is 0 Å². The molecule has 0 aliphatic carbocycles. The molecule has 0 saturated heterocycles. The number of rotatable bonds is 2. The summed E-state index contributed by atoms with van der Waals surface area (Å²) in [6, 6.07) is 4.26. The van der Waals surface area contributed by atoms with Gasteiger partial charge in [-0.25, -0.2) is 0 Å². The quantitative estimate of drug-likeness (QED) is 0.743. The molecule has 2 nitrogen and oxygen atoms in total. The third-order valence-corrected chi connectivity index (χ3v) is 2.69. The highest BCUT2D eigenvalue weighted by atomic mass is 14.7. The average molecular weight is 200 g/mol. The largest absolute Gasteiger partial charge is 0.262 e. The molecule has 2 aromatic rings. The van der Waals surface area contributed by atoms with E-state index in [-0.39, 0.29) is 0 Å². The van der Waals surface area contributed by atoms with Gasteiger partial charge in [-0.15, -0.1) is 0 Å². The average Bonchev–Trinajstić information content (AvgIpc) is 2.27. The first-order valence-corrected chi connectivity index (χ1v) is 5.46. The highest BCUT2D eigenvalue weighted by Crippen LogP contribution is 2.21. The molecule has 0 unspecified atom stereocenters. The van der Waals surface area contributed by atoms with Crippen LogP contribution in [0.1, 0.15) is 37.9 Å². The molecule has 0 atom stereocenters. The van der Waals surface area contributed by atoms with Crippen LogP contribution >= 0.6 is 0 Å². The van der Waals surface area contributed by atoms with Crippen molar-refractivity contribution in [3.05, 3.63) is 35.8 Å². The van der Waals surface area contributed by atoms with Gasteiger partial charge in [0.2, 0.25) is 0 Å². The molecule has 0 aromatic carbocycles. The Hall–Kier alpha value is -1.44. The van der Waals surface area contributed by atoms with Crippen molar-refractivity contribution in [1.29, 1.82) is 0 Å². The molecule has 0 fully saturated rings. The fourth-order valence-electron chi connectivity index (χ4n) is 1.76. The standard InChI is InChI=1S/C13H16N2/c1-4-10-7-12(9(2)3)15-13-8-14-6-5-11(10)13/h5-9H,4H2,1-3H3. The number of nitrogens with zero attached hydrogens (tertiary/aromatic N) is 2. The van der Waals surface area contributed by atoms with Crippen LogP contribution in [0.2, 0.25) is 0 Å². The van der Waals surface area contributed by atoms with E-state index in [1.165, 1.54) is 10.9 Å². The second-order valence-corrected chi connectivity index (χ2v) is 4.11. The summed E-state index contributed by atoms with van der Waals surface area (Å²) in [4.78, 5) is 8.75. The Morgan fingerprint density at radius 3 is 2.80 bits per heavy atom. The normalized spacial score (nSPS) is 11.2. The summed E-state index contributed by atoms with van der Waals surface area (Å²) in [6.45, 7) is 6.52. The molecule has 0 aliphatic heterocycles. The first-order valence-electron chi connectivity index (χ1n) is 5.46. The minimum absolute atomic E-state index is 0.472. The Labute approximate surface area is 90.4 Å². The molecule has 0 spiro atoms. The number of hydrogen-bond donors (Lipinski definition) is 0. The Kier molecular flexibility index (Phi) is 2.67. The van der Waals surface area contributed by atoms with E-state index in [2.05, 4.69) is 36.8 Å². The van der Waals surface area contributed by atoms with Gasteiger partial charge in [0.1, 0.15) is 0 Å². The van der Waals surface area contributed by atoms with Crippen molar-refractivity contribution < 1.29 is 0 Å². The molecule has 2 aromatic heterocycles. The lowest BCUT2D eigenvalue weighted by Gasteiger charge is -2.09. The Bertz CT molecular complexity index is 475. The molecule has 78 valence electrons. The molecule has 0 amide bonds. The van der Waals surface area contributed by atoms with Gasteiger partial charge in [-0.1, -0.05) is 20.8 Å². The van der Waals surface area contributed by atoms with E-state index in [1.54, 1.807) is 0 Å². The highest BCUT2D eigenvalue weighted by Gasteiger charge is 2.06. The van der Waals surface area contributed by atoms with Crippen LogP contribution in [0.25, 0.3) is 10.9 Å². The van der Waals surface area contributed by atoms with Gasteiger partial charge in [-0.3, -0.25) is 9.97 Å². The van der Waals surface area contributed by atoms with Crippen molar-refractivity contribution in [2.24, 2.45) is 0 Å². The number of hydrogen-bond acceptors (Lipinski definition) is 2. The second-order valence-electron chi connectivity index (χ2n) is 4.11. The monoisotopic (exact) mass is 200 g/mol. The van der Waals surface area contributed by atoms with E-state index >= 15 is 0 Å². The first kappa shape index (κ1) is 10.1. The zero-order valence-corrected chi connectivity index (χ0v) is 9.49. The Balaban J connectivity index is 2.71. The van der Waals surface area contributed by atoms with Gasteiger partial charge in [0.05, 0.1) is 11.7 Å². The van der Waals surface area contributed by atoms with Crippen molar-refractivity contribution >= 4 is 10.9 Å². The summed E-state index contributed by atoms with van der Waals surface area (Å²) in [5.74, 6) is 0.472. The molecule has 2 heteroatoms. The Morgan fingerprint density at radius 1 is 1.33 bits per heavy atom. The van der Waals surface area contributed by atoms with Crippen LogP contribution in [0.5, 0.6) is 0 Å². The molecule has 0 bridgehead atoms. The van der Waals surface area contributed by atoms with E-state index in [9.17, 15) is 0 Å². The fraction of sp³-hybridized carbons (Fsp3) is 0.385. The van der Waals surface area contributed by atoms with Gasteiger partial charge in [0, 0.05) is 17.3 Å². The van der Waals surface area contributed by atoms with E-state index in [0.717, 1.165) is 17.6 Å². The van der Waals surface area contributed by atoms with Crippen molar-refractivity contribution in [3.63, 3.8) is 0 Å². The van der Waals surface area contributed by atoms with Gasteiger partial charge < -0.3 is 0 Å². The second kappa shape index (κ2) is 3.97. The molecular formula is C13H16N2.